The smallest absolute Gasteiger partial charge is 0.241 e. The number of aromatic nitrogens is 5. The summed E-state index contributed by atoms with van der Waals surface area (Å²) in [6.07, 6.45) is 6.99. The van der Waals surface area contributed by atoms with Crippen molar-refractivity contribution in [3.05, 3.63) is 42.5 Å². The van der Waals surface area contributed by atoms with Crippen LogP contribution < -0.4 is 5.32 Å². The Balaban J connectivity index is 1.60. The molecule has 0 spiro atoms. The third kappa shape index (κ3) is 3.88. The second kappa shape index (κ2) is 8.28. The number of rotatable bonds is 6. The number of nitrogens with one attached hydrogen (secondary N) is 2. The number of aromatic amines is 1. The summed E-state index contributed by atoms with van der Waals surface area (Å²) in [7, 11) is 1.69. The van der Waals surface area contributed by atoms with Gasteiger partial charge in [-0.3, -0.25) is 0 Å². The molecule has 3 N–H and O–H groups in total. The first kappa shape index (κ1) is 20.0. The molecule has 0 unspecified atom stereocenters. The predicted octanol–water partition coefficient (Wildman–Crippen LogP) is 3.74. The number of aliphatic hydroxyl groups excluding tert-OH is 1. The largest absolute Gasteiger partial charge is 0.393 e. The van der Waals surface area contributed by atoms with Crippen molar-refractivity contribution < 1.29 is 9.84 Å². The van der Waals surface area contributed by atoms with Crippen molar-refractivity contribution in [2.45, 2.75) is 50.7 Å². The van der Waals surface area contributed by atoms with Gasteiger partial charge in [-0.15, -0.1) is 5.10 Å². The quantitative estimate of drug-likeness (QED) is 0.439. The minimum Gasteiger partial charge on any atom is -0.393 e. The summed E-state index contributed by atoms with van der Waals surface area (Å²) < 4.78 is 7.26. The molecular formula is C23H28N6O2. The van der Waals surface area contributed by atoms with E-state index >= 15 is 0 Å². The van der Waals surface area contributed by atoms with E-state index in [-0.39, 0.29) is 12.1 Å². The number of anilines is 1. The standard InChI is InChI=1S/C23H28N6O2/c1-14(12-31-2)27-23-24-11-22-18(16-5-8-19-20(9-16)26-13-25-19)10-21(29(22)28-23)15-3-6-17(30)7-4-15/h5,8-11,13-15,17,30H,3-4,6-7,12H2,1-2H3,(H,25,26)(H,27,28)/t14-,15?,17?/m0/s1. The molecule has 8 heteroatoms. The predicted molar refractivity (Wildman–Crippen MR) is 120 cm³/mol. The third-order valence-electron chi connectivity index (χ3n) is 6.18. The van der Waals surface area contributed by atoms with Gasteiger partial charge in [0.1, 0.15) is 0 Å². The van der Waals surface area contributed by atoms with Gasteiger partial charge in [0.2, 0.25) is 5.95 Å². The van der Waals surface area contributed by atoms with Crippen molar-refractivity contribution >= 4 is 22.5 Å². The Morgan fingerprint density at radius 2 is 2.06 bits per heavy atom. The molecule has 31 heavy (non-hydrogen) atoms. The highest BCUT2D eigenvalue weighted by Crippen LogP contribution is 2.38. The van der Waals surface area contributed by atoms with Gasteiger partial charge >= 0.3 is 0 Å². The highest BCUT2D eigenvalue weighted by molar-refractivity contribution is 5.87. The fourth-order valence-electron chi connectivity index (χ4n) is 4.59. The molecule has 3 heterocycles. The number of hydrogen-bond donors (Lipinski definition) is 3. The van der Waals surface area contributed by atoms with Crippen LogP contribution in [0.15, 0.2) is 36.8 Å². The average Bonchev–Trinajstić information content (AvgIpc) is 3.38. The summed E-state index contributed by atoms with van der Waals surface area (Å²) in [5.74, 6) is 0.944. The third-order valence-corrected chi connectivity index (χ3v) is 6.18. The molecule has 162 valence electrons. The molecule has 1 fully saturated rings. The van der Waals surface area contributed by atoms with Gasteiger partial charge in [0.05, 0.1) is 41.8 Å². The molecule has 5 rings (SSSR count). The van der Waals surface area contributed by atoms with Gasteiger partial charge in [0, 0.05) is 30.3 Å². The van der Waals surface area contributed by atoms with E-state index in [1.165, 1.54) is 5.69 Å². The van der Waals surface area contributed by atoms with E-state index in [0.717, 1.165) is 53.4 Å². The average molecular weight is 421 g/mol. The van der Waals surface area contributed by atoms with Gasteiger partial charge in [-0.25, -0.2) is 14.5 Å². The molecule has 0 amide bonds. The number of benzene rings is 1. The van der Waals surface area contributed by atoms with Crippen molar-refractivity contribution in [3.63, 3.8) is 0 Å². The second-order valence-corrected chi connectivity index (χ2v) is 8.50. The zero-order chi connectivity index (χ0) is 21.4. The van der Waals surface area contributed by atoms with E-state index in [1.807, 2.05) is 23.7 Å². The molecule has 1 aliphatic rings. The summed E-state index contributed by atoms with van der Waals surface area (Å²) in [5, 5.41) is 18.1. The molecule has 0 saturated heterocycles. The van der Waals surface area contributed by atoms with Crippen molar-refractivity contribution in [3.8, 4) is 11.1 Å². The summed E-state index contributed by atoms with van der Waals surface area (Å²) in [4.78, 5) is 12.1. The Kier molecular flexibility index (Phi) is 5.33. The number of ether oxygens (including phenoxy) is 1. The summed E-state index contributed by atoms with van der Waals surface area (Å²) in [6, 6.07) is 8.60. The highest BCUT2D eigenvalue weighted by Gasteiger charge is 2.25. The van der Waals surface area contributed by atoms with Crippen LogP contribution in [-0.4, -0.2) is 55.5 Å². The Morgan fingerprint density at radius 3 is 2.87 bits per heavy atom. The van der Waals surface area contributed by atoms with Crippen LogP contribution in [0, 0.1) is 0 Å². The van der Waals surface area contributed by atoms with E-state index in [4.69, 9.17) is 9.84 Å². The molecule has 3 aromatic heterocycles. The van der Waals surface area contributed by atoms with Crippen LogP contribution in [0.25, 0.3) is 27.7 Å². The SMILES string of the molecule is COC[C@H](C)Nc1ncc2c(-c3ccc4nc[nH]c4c3)cc(C3CCC(O)CC3)n2n1. The molecule has 1 atom stereocenters. The summed E-state index contributed by atoms with van der Waals surface area (Å²) in [5.41, 5.74) is 6.31. The van der Waals surface area contributed by atoms with E-state index < -0.39 is 0 Å². The van der Waals surface area contributed by atoms with Crippen LogP contribution in [0.2, 0.25) is 0 Å². The zero-order valence-corrected chi connectivity index (χ0v) is 17.9. The molecule has 0 aliphatic heterocycles. The molecule has 1 aliphatic carbocycles. The van der Waals surface area contributed by atoms with Crippen LogP contribution in [0.5, 0.6) is 0 Å². The monoisotopic (exact) mass is 420 g/mol. The van der Waals surface area contributed by atoms with Crippen LogP contribution in [0.1, 0.15) is 44.2 Å². The second-order valence-electron chi connectivity index (χ2n) is 8.50. The van der Waals surface area contributed by atoms with Gasteiger partial charge in [-0.05, 0) is 56.4 Å². The van der Waals surface area contributed by atoms with E-state index in [0.29, 0.717) is 18.5 Å². The number of fused-ring (bicyclic) bond motifs is 2. The molecule has 8 nitrogen and oxygen atoms in total. The Bertz CT molecular complexity index is 1190. The van der Waals surface area contributed by atoms with E-state index in [2.05, 4.69) is 38.5 Å². The highest BCUT2D eigenvalue weighted by atomic mass is 16.5. The lowest BCUT2D eigenvalue weighted by Gasteiger charge is -2.25. The molecule has 1 saturated carbocycles. The molecular weight excluding hydrogens is 392 g/mol. The Labute approximate surface area is 180 Å². The minimum atomic E-state index is -0.188. The lowest BCUT2D eigenvalue weighted by Crippen LogP contribution is -2.23. The lowest BCUT2D eigenvalue weighted by atomic mass is 9.85. The zero-order valence-electron chi connectivity index (χ0n) is 17.9. The van der Waals surface area contributed by atoms with Gasteiger partial charge in [0.15, 0.2) is 0 Å². The van der Waals surface area contributed by atoms with Gasteiger partial charge in [-0.1, -0.05) is 6.07 Å². The number of methoxy groups -OCH3 is 1. The molecule has 0 radical (unpaired) electrons. The number of H-pyrrole nitrogens is 1. The number of nitrogens with zero attached hydrogens (tertiary/aromatic N) is 4. The lowest BCUT2D eigenvalue weighted by molar-refractivity contribution is 0.121. The van der Waals surface area contributed by atoms with Gasteiger partial charge < -0.3 is 20.1 Å². The molecule has 0 bridgehead atoms. The van der Waals surface area contributed by atoms with E-state index in [1.54, 1.807) is 13.4 Å². The van der Waals surface area contributed by atoms with Crippen LogP contribution in [-0.2, 0) is 4.74 Å². The van der Waals surface area contributed by atoms with Crippen molar-refractivity contribution in [2.24, 2.45) is 0 Å². The first-order valence-electron chi connectivity index (χ1n) is 10.9. The number of hydrogen-bond acceptors (Lipinski definition) is 6. The maximum Gasteiger partial charge on any atom is 0.241 e. The fraction of sp³-hybridized carbons (Fsp3) is 0.435. The Morgan fingerprint density at radius 1 is 1.23 bits per heavy atom. The Hall–Kier alpha value is -2.97. The van der Waals surface area contributed by atoms with Crippen molar-refractivity contribution in [2.75, 3.05) is 19.0 Å². The van der Waals surface area contributed by atoms with Crippen LogP contribution in [0.4, 0.5) is 5.95 Å². The summed E-state index contributed by atoms with van der Waals surface area (Å²) in [6.45, 7) is 2.62. The number of aliphatic hydroxyl groups is 1. The van der Waals surface area contributed by atoms with Crippen molar-refractivity contribution in [1.82, 2.24) is 24.6 Å². The molecule has 4 aromatic rings. The maximum atomic E-state index is 9.98. The minimum absolute atomic E-state index is 0.105. The fourth-order valence-corrected chi connectivity index (χ4v) is 4.59. The first-order valence-corrected chi connectivity index (χ1v) is 10.9. The van der Waals surface area contributed by atoms with E-state index in [9.17, 15) is 5.11 Å². The molecule has 1 aromatic carbocycles. The number of imidazole rings is 1. The maximum absolute atomic E-state index is 9.98. The van der Waals surface area contributed by atoms with Crippen LogP contribution in [0.3, 0.4) is 0 Å². The van der Waals surface area contributed by atoms with Gasteiger partial charge in [0.25, 0.3) is 0 Å². The first-order chi connectivity index (χ1) is 15.1. The topological polar surface area (TPSA) is 100 Å². The normalized spacial score (nSPS) is 20.4. The van der Waals surface area contributed by atoms with Crippen molar-refractivity contribution in [1.29, 1.82) is 0 Å². The van der Waals surface area contributed by atoms with Crippen LogP contribution >= 0.6 is 0 Å². The van der Waals surface area contributed by atoms with Gasteiger partial charge in [-0.2, -0.15) is 0 Å². The summed E-state index contributed by atoms with van der Waals surface area (Å²) >= 11 is 0.